The van der Waals surface area contributed by atoms with Crippen LogP contribution in [-0.2, 0) is 18.2 Å². The first-order valence-electron chi connectivity index (χ1n) is 5.03. The number of aliphatic hydroxyl groups excluding tert-OH is 4. The molecular formula is C6H14NaO12P2. The molecule has 1 fully saturated rings. The van der Waals surface area contributed by atoms with Crippen LogP contribution in [0.15, 0.2) is 0 Å². The third-order valence-corrected chi connectivity index (χ3v) is 3.60. The number of phosphoric acid groups is 2. The molecule has 0 unspecified atom stereocenters. The molecule has 6 atom stereocenters. The van der Waals surface area contributed by atoms with Crippen LogP contribution in [0, 0.1) is 0 Å². The molecule has 21 heavy (non-hydrogen) atoms. The molecule has 1 radical (unpaired) electrons. The number of phosphoric ester groups is 2. The molecule has 1 aliphatic carbocycles. The van der Waals surface area contributed by atoms with Crippen LogP contribution < -0.4 is 0 Å². The first-order valence-corrected chi connectivity index (χ1v) is 8.10. The van der Waals surface area contributed by atoms with Gasteiger partial charge in [0.05, 0.1) is 0 Å². The summed E-state index contributed by atoms with van der Waals surface area (Å²) in [5, 5.41) is 37.8. The van der Waals surface area contributed by atoms with E-state index in [0.29, 0.717) is 0 Å². The predicted octanol–water partition coefficient (Wildman–Crippen LogP) is -3.98. The van der Waals surface area contributed by atoms with Crippen LogP contribution in [-0.4, -0.2) is 106 Å². The van der Waals surface area contributed by atoms with E-state index in [9.17, 15) is 29.6 Å². The van der Waals surface area contributed by atoms with E-state index >= 15 is 0 Å². The van der Waals surface area contributed by atoms with Crippen LogP contribution in [0.25, 0.3) is 0 Å². The van der Waals surface area contributed by atoms with Crippen LogP contribution in [0.5, 0.6) is 0 Å². The zero-order valence-electron chi connectivity index (χ0n) is 10.6. The van der Waals surface area contributed by atoms with Crippen LogP contribution in [0.3, 0.4) is 0 Å². The van der Waals surface area contributed by atoms with Crippen molar-refractivity contribution in [2.45, 2.75) is 36.6 Å². The van der Waals surface area contributed by atoms with Crippen LogP contribution >= 0.6 is 15.6 Å². The molecule has 121 valence electrons. The van der Waals surface area contributed by atoms with Crippen molar-refractivity contribution in [3.63, 3.8) is 0 Å². The molecule has 15 heteroatoms. The Kier molecular flexibility index (Phi) is 8.15. The smallest absolute Gasteiger partial charge is 0.387 e. The number of rotatable bonds is 4. The quantitative estimate of drug-likeness (QED) is 0.177. The van der Waals surface area contributed by atoms with Gasteiger partial charge < -0.3 is 40.0 Å². The van der Waals surface area contributed by atoms with Gasteiger partial charge in [-0.25, -0.2) is 9.13 Å². The van der Waals surface area contributed by atoms with Crippen molar-refractivity contribution >= 4 is 45.2 Å². The molecule has 0 spiro atoms. The topological polar surface area (TPSA) is 214 Å². The third-order valence-electron chi connectivity index (χ3n) is 2.56. The normalized spacial score (nSPS) is 37.9. The summed E-state index contributed by atoms with van der Waals surface area (Å²) < 4.78 is 29.6. The summed E-state index contributed by atoms with van der Waals surface area (Å²) >= 11 is 0. The molecule has 0 aliphatic heterocycles. The van der Waals surface area contributed by atoms with Gasteiger partial charge >= 0.3 is 15.6 Å². The second-order valence-corrected chi connectivity index (χ2v) is 6.47. The van der Waals surface area contributed by atoms with Crippen molar-refractivity contribution in [1.82, 2.24) is 0 Å². The molecule has 0 aromatic heterocycles. The van der Waals surface area contributed by atoms with E-state index in [-0.39, 0.29) is 29.6 Å². The minimum atomic E-state index is -5.24. The van der Waals surface area contributed by atoms with E-state index in [1.165, 1.54) is 0 Å². The van der Waals surface area contributed by atoms with Gasteiger partial charge in [0.15, 0.2) is 0 Å². The first-order chi connectivity index (χ1) is 8.83. The van der Waals surface area contributed by atoms with E-state index < -0.39 is 52.3 Å². The Morgan fingerprint density at radius 2 is 0.857 bits per heavy atom. The van der Waals surface area contributed by atoms with Gasteiger partial charge in [-0.3, -0.25) is 9.05 Å². The molecule has 8 N–H and O–H groups in total. The van der Waals surface area contributed by atoms with Crippen molar-refractivity contribution in [2.75, 3.05) is 0 Å². The average molecular weight is 363 g/mol. The molecule has 1 aliphatic rings. The second-order valence-electron chi connectivity index (χ2n) is 4.08. The molecule has 12 nitrogen and oxygen atoms in total. The maximum absolute atomic E-state index is 10.7. The monoisotopic (exact) mass is 363 g/mol. The maximum Gasteiger partial charge on any atom is 0.470 e. The summed E-state index contributed by atoms with van der Waals surface area (Å²) in [5.74, 6) is 0. The van der Waals surface area contributed by atoms with Crippen molar-refractivity contribution in [1.29, 1.82) is 0 Å². The molecular weight excluding hydrogens is 349 g/mol. The van der Waals surface area contributed by atoms with Crippen molar-refractivity contribution in [2.24, 2.45) is 0 Å². The SMILES string of the molecule is O=P(O)(O)O[C@@H]1[C@H](O)[C@@H](O)[C@H](O)[C@@H](O)[C@@H]1OP(=O)(O)O.[Na]. The molecule has 1 saturated carbocycles. The molecule has 0 bridgehead atoms. The molecule has 0 amide bonds. The standard InChI is InChI=1S/C6H14O12P2.Na/c7-1-2(8)4(10)6(18-20(14,15)16)5(3(1)9)17-19(11,12)13;/h1-10H,(H2,11,12,13)(H2,14,15,16);/t1-,2-,3+,4+,5-,6+;/m0./s1. The van der Waals surface area contributed by atoms with E-state index in [0.717, 1.165) is 0 Å². The van der Waals surface area contributed by atoms with Gasteiger partial charge in [-0.15, -0.1) is 0 Å². The summed E-state index contributed by atoms with van der Waals surface area (Å²) in [6.45, 7) is 0. The minimum Gasteiger partial charge on any atom is -0.387 e. The third kappa shape index (κ3) is 6.22. The van der Waals surface area contributed by atoms with Gasteiger partial charge in [0.1, 0.15) is 36.6 Å². The largest absolute Gasteiger partial charge is 0.470 e. The Morgan fingerprint density at radius 3 is 1.05 bits per heavy atom. The summed E-state index contributed by atoms with van der Waals surface area (Å²) in [5.41, 5.74) is 0. The maximum atomic E-state index is 10.7. The van der Waals surface area contributed by atoms with Gasteiger partial charge in [0.25, 0.3) is 0 Å². The fourth-order valence-corrected chi connectivity index (χ4v) is 2.87. The summed E-state index contributed by atoms with van der Waals surface area (Å²) in [7, 11) is -10.5. The van der Waals surface area contributed by atoms with Crippen LogP contribution in [0.2, 0.25) is 0 Å². The Hall–Kier alpha value is 1.06. The fourth-order valence-electron chi connectivity index (χ4n) is 1.74. The van der Waals surface area contributed by atoms with Crippen molar-refractivity contribution in [3.8, 4) is 0 Å². The molecule has 1 rings (SSSR count). The van der Waals surface area contributed by atoms with Gasteiger partial charge in [-0.2, -0.15) is 0 Å². The Labute approximate surface area is 140 Å². The Morgan fingerprint density at radius 1 is 0.619 bits per heavy atom. The van der Waals surface area contributed by atoms with Crippen LogP contribution in [0.1, 0.15) is 0 Å². The second kappa shape index (κ2) is 7.75. The number of hydrogen-bond donors (Lipinski definition) is 8. The Bertz CT molecular complexity index is 393. The average Bonchev–Trinajstić information content (AvgIpc) is 2.25. The van der Waals surface area contributed by atoms with Crippen molar-refractivity contribution in [3.05, 3.63) is 0 Å². The number of hydrogen-bond acceptors (Lipinski definition) is 8. The number of aliphatic hydroxyl groups is 4. The van der Waals surface area contributed by atoms with Crippen LogP contribution in [0.4, 0.5) is 0 Å². The summed E-state index contributed by atoms with van der Waals surface area (Å²) in [6, 6.07) is 0. The first kappa shape index (κ1) is 22.1. The fraction of sp³-hybridized carbons (Fsp3) is 1.00. The van der Waals surface area contributed by atoms with E-state index in [4.69, 9.17) is 19.6 Å². The molecule has 0 aromatic carbocycles. The zero-order chi connectivity index (χ0) is 15.9. The molecule has 0 saturated heterocycles. The summed E-state index contributed by atoms with van der Waals surface area (Å²) in [6.07, 6.45) is -12.8. The molecule has 0 heterocycles. The van der Waals surface area contributed by atoms with E-state index in [2.05, 4.69) is 9.05 Å². The van der Waals surface area contributed by atoms with Gasteiger partial charge in [-0.05, 0) is 0 Å². The summed E-state index contributed by atoms with van der Waals surface area (Å²) in [4.78, 5) is 34.6. The predicted molar refractivity (Wildman–Crippen MR) is 63.6 cm³/mol. The minimum absolute atomic E-state index is 0. The Balaban J connectivity index is 0.00000400. The molecule has 0 aromatic rings. The van der Waals surface area contributed by atoms with E-state index in [1.54, 1.807) is 0 Å². The van der Waals surface area contributed by atoms with Crippen molar-refractivity contribution < 1.29 is 58.2 Å². The van der Waals surface area contributed by atoms with Gasteiger partial charge in [0.2, 0.25) is 0 Å². The van der Waals surface area contributed by atoms with Gasteiger partial charge in [0, 0.05) is 29.6 Å². The zero-order valence-corrected chi connectivity index (χ0v) is 14.4. The van der Waals surface area contributed by atoms with E-state index in [1.807, 2.05) is 0 Å². The van der Waals surface area contributed by atoms with Gasteiger partial charge in [-0.1, -0.05) is 0 Å².